The Hall–Kier alpha value is -3.31. The Morgan fingerprint density at radius 2 is 1.74 bits per heavy atom. The molecule has 9 heteroatoms. The lowest BCUT2D eigenvalue weighted by Gasteiger charge is -2.11. The predicted molar refractivity (Wildman–Crippen MR) is 138 cm³/mol. The molecule has 0 aliphatic heterocycles. The third-order valence-corrected chi connectivity index (χ3v) is 5.71. The Morgan fingerprint density at radius 1 is 1.03 bits per heavy atom. The predicted octanol–water partition coefficient (Wildman–Crippen LogP) is 6.63. The Morgan fingerprint density at radius 3 is 2.41 bits per heavy atom. The highest BCUT2D eigenvalue weighted by Crippen LogP contribution is 2.26. The molecule has 3 aromatic carbocycles. The Labute approximate surface area is 215 Å². The van der Waals surface area contributed by atoms with Gasteiger partial charge >= 0.3 is 0 Å². The molecule has 0 bridgehead atoms. The number of carbonyl (C=O) groups is 2. The summed E-state index contributed by atoms with van der Waals surface area (Å²) in [5, 5.41) is 16.0. The summed E-state index contributed by atoms with van der Waals surface area (Å²) in [6, 6.07) is 18.6. The number of anilines is 2. The zero-order chi connectivity index (χ0) is 24.7. The first-order valence-corrected chi connectivity index (χ1v) is 11.5. The molecule has 3 rings (SSSR count). The van der Waals surface area contributed by atoms with Crippen molar-refractivity contribution in [2.75, 3.05) is 17.2 Å². The average Bonchev–Trinajstić information content (AvgIpc) is 2.80. The summed E-state index contributed by atoms with van der Waals surface area (Å²) in [4.78, 5) is 24.9. The van der Waals surface area contributed by atoms with E-state index in [2.05, 4.69) is 26.6 Å². The van der Waals surface area contributed by atoms with Crippen molar-refractivity contribution in [2.45, 2.75) is 6.92 Å². The van der Waals surface area contributed by atoms with Gasteiger partial charge in [0, 0.05) is 31.5 Å². The van der Waals surface area contributed by atoms with Gasteiger partial charge in [0.15, 0.2) is 6.61 Å². The van der Waals surface area contributed by atoms with E-state index < -0.39 is 11.8 Å². The first-order valence-electron chi connectivity index (χ1n) is 9.92. The highest BCUT2D eigenvalue weighted by atomic mass is 79.9. The van der Waals surface area contributed by atoms with E-state index in [4.69, 9.17) is 27.9 Å². The van der Waals surface area contributed by atoms with Crippen LogP contribution in [0.15, 0.2) is 70.7 Å². The second-order valence-electron chi connectivity index (χ2n) is 7.11. The van der Waals surface area contributed by atoms with E-state index in [1.165, 1.54) is 6.08 Å². The number of amides is 2. The number of hydrogen-bond donors (Lipinski definition) is 2. The molecule has 0 aromatic heterocycles. The van der Waals surface area contributed by atoms with Gasteiger partial charge in [-0.25, -0.2) is 0 Å². The Bertz CT molecular complexity index is 1300. The number of benzene rings is 3. The topological polar surface area (TPSA) is 91.2 Å². The van der Waals surface area contributed by atoms with Crippen LogP contribution in [-0.4, -0.2) is 18.4 Å². The van der Waals surface area contributed by atoms with Gasteiger partial charge in [0.25, 0.3) is 11.8 Å². The Kier molecular flexibility index (Phi) is 8.72. The van der Waals surface area contributed by atoms with Crippen LogP contribution in [0.3, 0.4) is 0 Å². The first kappa shape index (κ1) is 25.3. The molecule has 0 saturated heterocycles. The summed E-state index contributed by atoms with van der Waals surface area (Å²) < 4.78 is 6.38. The monoisotopic (exact) mass is 557 g/mol. The van der Waals surface area contributed by atoms with Crippen molar-refractivity contribution >= 4 is 68.4 Å². The molecule has 34 heavy (non-hydrogen) atoms. The maximum absolute atomic E-state index is 12.6. The van der Waals surface area contributed by atoms with Gasteiger partial charge in [0.05, 0.1) is 0 Å². The quantitative estimate of drug-likeness (QED) is 0.251. The van der Waals surface area contributed by atoms with Crippen LogP contribution in [0, 0.1) is 18.3 Å². The molecule has 0 radical (unpaired) electrons. The third kappa shape index (κ3) is 7.09. The molecule has 2 amide bonds. The van der Waals surface area contributed by atoms with Gasteiger partial charge in [-0.05, 0) is 73.2 Å². The molecular weight excluding hydrogens is 541 g/mol. The molecule has 6 nitrogen and oxygen atoms in total. The largest absolute Gasteiger partial charge is 0.483 e. The third-order valence-electron chi connectivity index (χ3n) is 4.55. The fraction of sp³-hybridized carbons (Fsp3) is 0.0800. The summed E-state index contributed by atoms with van der Waals surface area (Å²) in [5.74, 6) is -0.657. The standard InChI is InChI=1S/C25H18BrCl2N3O3/c1-15-2-6-21(12-22(15)28)30-24(32)14-34-23-9-3-18(26)11-16(23)10-17(13-29)25(33)31-20-7-4-19(27)5-8-20/h2-12H,14H2,1H3,(H,30,32)(H,31,33)/b17-10-. The number of ether oxygens (including phenoxy) is 1. The van der Waals surface area contributed by atoms with Gasteiger partial charge in [0.1, 0.15) is 17.4 Å². The number of carbonyl (C=O) groups excluding carboxylic acids is 2. The van der Waals surface area contributed by atoms with E-state index in [0.29, 0.717) is 37.2 Å². The van der Waals surface area contributed by atoms with Crippen molar-refractivity contribution in [1.29, 1.82) is 5.26 Å². The van der Waals surface area contributed by atoms with Crippen molar-refractivity contribution in [3.05, 3.63) is 91.9 Å². The molecular formula is C25H18BrCl2N3O3. The zero-order valence-electron chi connectivity index (χ0n) is 17.9. The summed E-state index contributed by atoms with van der Waals surface area (Å²) in [5.41, 5.74) is 2.25. The lowest BCUT2D eigenvalue weighted by molar-refractivity contribution is -0.118. The summed E-state index contributed by atoms with van der Waals surface area (Å²) in [6.45, 7) is 1.58. The molecule has 0 fully saturated rings. The SMILES string of the molecule is Cc1ccc(NC(=O)COc2ccc(Br)cc2/C=C(/C#N)C(=O)Nc2ccc(Cl)cc2)cc1Cl. The highest BCUT2D eigenvalue weighted by Gasteiger charge is 2.13. The van der Waals surface area contributed by atoms with E-state index >= 15 is 0 Å². The van der Waals surface area contributed by atoms with Gasteiger partial charge in [-0.3, -0.25) is 9.59 Å². The number of hydrogen-bond acceptors (Lipinski definition) is 4. The molecule has 172 valence electrons. The summed E-state index contributed by atoms with van der Waals surface area (Å²) in [6.07, 6.45) is 1.39. The maximum Gasteiger partial charge on any atom is 0.266 e. The van der Waals surface area contributed by atoms with Gasteiger partial charge in [-0.15, -0.1) is 0 Å². The molecule has 3 aromatic rings. The fourth-order valence-corrected chi connectivity index (χ4v) is 3.50. The second-order valence-corrected chi connectivity index (χ2v) is 8.87. The van der Waals surface area contributed by atoms with Crippen LogP contribution in [0.5, 0.6) is 5.75 Å². The number of halogens is 3. The van der Waals surface area contributed by atoms with Crippen molar-refractivity contribution < 1.29 is 14.3 Å². The highest BCUT2D eigenvalue weighted by molar-refractivity contribution is 9.10. The van der Waals surface area contributed by atoms with Gasteiger partial charge in [-0.1, -0.05) is 45.2 Å². The van der Waals surface area contributed by atoms with E-state index in [0.717, 1.165) is 5.56 Å². The number of rotatable bonds is 7. The smallest absolute Gasteiger partial charge is 0.266 e. The average molecular weight is 559 g/mol. The number of aryl methyl sites for hydroxylation is 1. The van der Waals surface area contributed by atoms with Gasteiger partial charge in [0.2, 0.25) is 0 Å². The van der Waals surface area contributed by atoms with E-state index in [9.17, 15) is 14.9 Å². The second kappa shape index (κ2) is 11.7. The minimum atomic E-state index is -0.593. The summed E-state index contributed by atoms with van der Waals surface area (Å²) in [7, 11) is 0. The van der Waals surface area contributed by atoms with E-state index in [1.807, 2.05) is 13.0 Å². The number of nitrogens with one attached hydrogen (secondary N) is 2. The minimum absolute atomic E-state index is 0.142. The van der Waals surface area contributed by atoms with Crippen LogP contribution >= 0.6 is 39.1 Å². The zero-order valence-corrected chi connectivity index (χ0v) is 21.0. The number of nitriles is 1. The maximum atomic E-state index is 12.6. The van der Waals surface area contributed by atoms with E-state index in [1.54, 1.807) is 60.7 Å². The summed E-state index contributed by atoms with van der Waals surface area (Å²) >= 11 is 15.3. The lowest BCUT2D eigenvalue weighted by atomic mass is 10.1. The van der Waals surface area contributed by atoms with Gasteiger partial charge < -0.3 is 15.4 Å². The molecule has 0 heterocycles. The number of nitrogens with zero attached hydrogens (tertiary/aromatic N) is 1. The van der Waals surface area contributed by atoms with Crippen LogP contribution in [0.25, 0.3) is 6.08 Å². The van der Waals surface area contributed by atoms with Crippen molar-refractivity contribution in [1.82, 2.24) is 0 Å². The van der Waals surface area contributed by atoms with Gasteiger partial charge in [-0.2, -0.15) is 5.26 Å². The van der Waals surface area contributed by atoms with Crippen molar-refractivity contribution in [3.8, 4) is 11.8 Å². The normalized spacial score (nSPS) is 10.9. The molecule has 2 N–H and O–H groups in total. The van der Waals surface area contributed by atoms with Crippen LogP contribution in [-0.2, 0) is 9.59 Å². The van der Waals surface area contributed by atoms with Crippen molar-refractivity contribution in [3.63, 3.8) is 0 Å². The molecule has 0 unspecified atom stereocenters. The van der Waals surface area contributed by atoms with Crippen LogP contribution in [0.1, 0.15) is 11.1 Å². The van der Waals surface area contributed by atoms with E-state index in [-0.39, 0.29) is 12.2 Å². The molecule has 0 saturated carbocycles. The first-order chi connectivity index (χ1) is 16.2. The lowest BCUT2D eigenvalue weighted by Crippen LogP contribution is -2.20. The van der Waals surface area contributed by atoms with Crippen LogP contribution in [0.2, 0.25) is 10.0 Å². The molecule has 0 atom stereocenters. The van der Waals surface area contributed by atoms with Crippen molar-refractivity contribution in [2.24, 2.45) is 0 Å². The minimum Gasteiger partial charge on any atom is -0.483 e. The molecule has 0 aliphatic carbocycles. The molecule has 0 spiro atoms. The van der Waals surface area contributed by atoms with Crippen LogP contribution < -0.4 is 15.4 Å². The fourth-order valence-electron chi connectivity index (χ4n) is 2.81. The van der Waals surface area contributed by atoms with Crippen LogP contribution in [0.4, 0.5) is 11.4 Å². The Balaban J connectivity index is 1.73. The molecule has 0 aliphatic rings.